The van der Waals surface area contributed by atoms with Crippen LogP contribution in [0.3, 0.4) is 0 Å². The highest BCUT2D eigenvalue weighted by molar-refractivity contribution is 5.79. The minimum atomic E-state index is -0.558. The summed E-state index contributed by atoms with van der Waals surface area (Å²) < 4.78 is 10.9. The zero-order valence-corrected chi connectivity index (χ0v) is 11.8. The molecule has 0 saturated heterocycles. The average Bonchev–Trinajstić information content (AvgIpc) is 2.34. The number of benzene rings is 1. The third-order valence-electron chi connectivity index (χ3n) is 4.05. The summed E-state index contributed by atoms with van der Waals surface area (Å²) in [6.45, 7) is 5.56. The molecule has 2 aliphatic heterocycles. The lowest BCUT2D eigenvalue weighted by molar-refractivity contribution is -0.149. The Morgan fingerprint density at radius 2 is 1.90 bits per heavy atom. The molecule has 2 heterocycles. The zero-order chi connectivity index (χ0) is 14.7. The molecule has 0 spiro atoms. The van der Waals surface area contributed by atoms with Gasteiger partial charge in [-0.25, -0.2) is 0 Å². The Balaban J connectivity index is 2.25. The van der Waals surface area contributed by atoms with E-state index in [1.54, 1.807) is 6.92 Å². The molecule has 2 N–H and O–H groups in total. The van der Waals surface area contributed by atoms with E-state index < -0.39 is 11.7 Å². The standard InChI is InChI=1S/C15H18O5/c1-7-11-9(6-10(16)19-7)8-4-5-15(2,3)20-14(8)13(18)12(11)17/h7,17-18H,4-6H2,1-3H3/t7-/m1/s1. The second-order valence-electron chi connectivity index (χ2n) is 6.07. The molecule has 20 heavy (non-hydrogen) atoms. The largest absolute Gasteiger partial charge is 0.504 e. The summed E-state index contributed by atoms with van der Waals surface area (Å²) in [6.07, 6.45) is 1.05. The van der Waals surface area contributed by atoms with E-state index in [0.29, 0.717) is 17.7 Å². The molecule has 2 aliphatic rings. The second kappa shape index (κ2) is 4.04. The summed E-state index contributed by atoms with van der Waals surface area (Å²) >= 11 is 0. The predicted octanol–water partition coefficient (Wildman–Crippen LogP) is 2.36. The van der Waals surface area contributed by atoms with Gasteiger partial charge in [-0.05, 0) is 39.2 Å². The number of hydrogen-bond acceptors (Lipinski definition) is 5. The normalized spacial score (nSPS) is 23.4. The minimum absolute atomic E-state index is 0.111. The van der Waals surface area contributed by atoms with Crippen LogP contribution in [0.25, 0.3) is 0 Å². The van der Waals surface area contributed by atoms with Crippen molar-refractivity contribution in [3.63, 3.8) is 0 Å². The second-order valence-corrected chi connectivity index (χ2v) is 6.07. The fourth-order valence-corrected chi connectivity index (χ4v) is 3.03. The smallest absolute Gasteiger partial charge is 0.310 e. The molecule has 5 heteroatoms. The number of carbonyl (C=O) groups is 1. The topological polar surface area (TPSA) is 76.0 Å². The van der Waals surface area contributed by atoms with Crippen molar-refractivity contribution in [1.82, 2.24) is 0 Å². The molecule has 1 atom stereocenters. The molecule has 0 aromatic heterocycles. The third-order valence-corrected chi connectivity index (χ3v) is 4.05. The number of ether oxygens (including phenoxy) is 2. The summed E-state index contributed by atoms with van der Waals surface area (Å²) in [5.74, 6) is -0.505. The highest BCUT2D eigenvalue weighted by Crippen LogP contribution is 2.51. The van der Waals surface area contributed by atoms with Gasteiger partial charge >= 0.3 is 5.97 Å². The van der Waals surface area contributed by atoms with Crippen LogP contribution in [0.4, 0.5) is 0 Å². The van der Waals surface area contributed by atoms with Crippen LogP contribution in [-0.4, -0.2) is 21.8 Å². The first-order valence-electron chi connectivity index (χ1n) is 6.78. The van der Waals surface area contributed by atoms with Crippen LogP contribution >= 0.6 is 0 Å². The van der Waals surface area contributed by atoms with Gasteiger partial charge in [-0.15, -0.1) is 0 Å². The number of esters is 1. The lowest BCUT2D eigenvalue weighted by Crippen LogP contribution is -2.34. The number of phenolic OH excluding ortho intramolecular Hbond substituents is 2. The maximum absolute atomic E-state index is 11.6. The van der Waals surface area contributed by atoms with Crippen molar-refractivity contribution >= 4 is 5.97 Å². The van der Waals surface area contributed by atoms with Crippen molar-refractivity contribution in [3.8, 4) is 17.2 Å². The van der Waals surface area contributed by atoms with Crippen molar-refractivity contribution in [1.29, 1.82) is 0 Å². The Labute approximate surface area is 117 Å². The maximum Gasteiger partial charge on any atom is 0.310 e. The summed E-state index contributed by atoms with van der Waals surface area (Å²) in [6, 6.07) is 0. The van der Waals surface area contributed by atoms with Gasteiger partial charge in [0.05, 0.1) is 6.42 Å². The van der Waals surface area contributed by atoms with Crippen LogP contribution in [0.2, 0.25) is 0 Å². The molecule has 0 fully saturated rings. The van der Waals surface area contributed by atoms with E-state index in [4.69, 9.17) is 9.47 Å². The maximum atomic E-state index is 11.6. The summed E-state index contributed by atoms with van der Waals surface area (Å²) in [5.41, 5.74) is 1.67. The SMILES string of the molecule is C[C@H]1OC(=O)Cc2c3c(c(O)c(O)c21)OC(C)(C)CC3. The molecule has 3 rings (SSSR count). The van der Waals surface area contributed by atoms with Gasteiger partial charge in [-0.1, -0.05) is 0 Å². The number of fused-ring (bicyclic) bond motifs is 3. The van der Waals surface area contributed by atoms with E-state index in [0.717, 1.165) is 17.5 Å². The van der Waals surface area contributed by atoms with Gasteiger partial charge in [0.25, 0.3) is 0 Å². The molecule has 0 aliphatic carbocycles. The fourth-order valence-electron chi connectivity index (χ4n) is 3.03. The Morgan fingerprint density at radius 1 is 1.20 bits per heavy atom. The first-order valence-corrected chi connectivity index (χ1v) is 6.78. The zero-order valence-electron chi connectivity index (χ0n) is 11.8. The molecule has 0 amide bonds. The molecule has 1 aromatic rings. The van der Waals surface area contributed by atoms with Crippen LogP contribution < -0.4 is 4.74 Å². The van der Waals surface area contributed by atoms with Crippen LogP contribution in [0.5, 0.6) is 17.2 Å². The molecule has 0 radical (unpaired) electrons. The Morgan fingerprint density at radius 3 is 2.60 bits per heavy atom. The van der Waals surface area contributed by atoms with Crippen molar-refractivity contribution in [2.75, 3.05) is 0 Å². The van der Waals surface area contributed by atoms with Crippen molar-refractivity contribution < 1.29 is 24.5 Å². The van der Waals surface area contributed by atoms with Gasteiger partial charge in [-0.3, -0.25) is 4.79 Å². The van der Waals surface area contributed by atoms with E-state index >= 15 is 0 Å². The van der Waals surface area contributed by atoms with Crippen LogP contribution in [0.15, 0.2) is 0 Å². The molecule has 5 nitrogen and oxygen atoms in total. The fraction of sp³-hybridized carbons (Fsp3) is 0.533. The van der Waals surface area contributed by atoms with Crippen LogP contribution in [-0.2, 0) is 22.4 Å². The first-order chi connectivity index (χ1) is 9.30. The van der Waals surface area contributed by atoms with Gasteiger partial charge in [0.1, 0.15) is 11.7 Å². The molecule has 0 unspecified atom stereocenters. The molecule has 0 saturated carbocycles. The lowest BCUT2D eigenvalue weighted by atomic mass is 9.85. The number of rotatable bonds is 0. The number of aromatic hydroxyl groups is 2. The van der Waals surface area contributed by atoms with E-state index in [1.807, 2.05) is 13.8 Å². The van der Waals surface area contributed by atoms with Crippen LogP contribution in [0, 0.1) is 0 Å². The van der Waals surface area contributed by atoms with Crippen LogP contribution in [0.1, 0.15) is 50.0 Å². The van der Waals surface area contributed by atoms with Crippen molar-refractivity contribution in [2.45, 2.75) is 51.7 Å². The minimum Gasteiger partial charge on any atom is -0.504 e. The quantitative estimate of drug-likeness (QED) is 0.563. The number of carbonyl (C=O) groups excluding carboxylic acids is 1. The Kier molecular flexibility index (Phi) is 2.64. The summed E-state index contributed by atoms with van der Waals surface area (Å²) in [4.78, 5) is 11.6. The van der Waals surface area contributed by atoms with E-state index in [9.17, 15) is 15.0 Å². The Hall–Kier alpha value is -1.91. The van der Waals surface area contributed by atoms with E-state index in [1.165, 1.54) is 0 Å². The highest BCUT2D eigenvalue weighted by Gasteiger charge is 2.38. The lowest BCUT2D eigenvalue weighted by Gasteiger charge is -2.36. The molecular weight excluding hydrogens is 260 g/mol. The van der Waals surface area contributed by atoms with Gasteiger partial charge in [0.2, 0.25) is 5.75 Å². The number of hydrogen-bond donors (Lipinski definition) is 2. The van der Waals surface area contributed by atoms with Crippen molar-refractivity contribution in [2.24, 2.45) is 0 Å². The number of phenols is 2. The van der Waals surface area contributed by atoms with Gasteiger partial charge in [0.15, 0.2) is 11.5 Å². The molecular formula is C15H18O5. The summed E-state index contributed by atoms with van der Waals surface area (Å²) in [5, 5.41) is 20.4. The van der Waals surface area contributed by atoms with Crippen molar-refractivity contribution in [3.05, 3.63) is 16.7 Å². The van der Waals surface area contributed by atoms with Gasteiger partial charge in [-0.2, -0.15) is 0 Å². The monoisotopic (exact) mass is 278 g/mol. The molecule has 1 aromatic carbocycles. The molecule has 108 valence electrons. The molecule has 0 bridgehead atoms. The highest BCUT2D eigenvalue weighted by atomic mass is 16.5. The van der Waals surface area contributed by atoms with E-state index in [2.05, 4.69) is 0 Å². The average molecular weight is 278 g/mol. The van der Waals surface area contributed by atoms with Gasteiger partial charge in [0, 0.05) is 11.1 Å². The summed E-state index contributed by atoms with van der Waals surface area (Å²) in [7, 11) is 0. The Bertz CT molecular complexity index is 603. The predicted molar refractivity (Wildman–Crippen MR) is 71.0 cm³/mol. The van der Waals surface area contributed by atoms with E-state index in [-0.39, 0.29) is 23.9 Å². The first kappa shape index (κ1) is 13.1. The van der Waals surface area contributed by atoms with Gasteiger partial charge < -0.3 is 19.7 Å². The number of cyclic esters (lactones) is 1. The third kappa shape index (κ3) is 1.80.